The van der Waals surface area contributed by atoms with Gasteiger partial charge in [-0.25, -0.2) is 0 Å². The number of hydrogen-bond donors (Lipinski definition) is 2. The van der Waals surface area contributed by atoms with Gasteiger partial charge in [-0.1, -0.05) is 31.5 Å². The molecule has 23 heavy (non-hydrogen) atoms. The zero-order valence-electron chi connectivity index (χ0n) is 14.0. The lowest BCUT2D eigenvalue weighted by Crippen LogP contribution is -2.56. The molecular formula is C18H27N3O2. The van der Waals surface area contributed by atoms with Crippen molar-refractivity contribution in [3.05, 3.63) is 35.9 Å². The number of rotatable bonds is 5. The molecule has 2 rings (SSSR count). The summed E-state index contributed by atoms with van der Waals surface area (Å²) in [5.74, 6) is -0.0304. The van der Waals surface area contributed by atoms with Crippen molar-refractivity contribution in [1.29, 1.82) is 0 Å². The van der Waals surface area contributed by atoms with Crippen molar-refractivity contribution in [2.24, 2.45) is 5.73 Å². The predicted octanol–water partition coefficient (Wildman–Crippen LogP) is 1.92. The van der Waals surface area contributed by atoms with Crippen LogP contribution in [0.3, 0.4) is 0 Å². The van der Waals surface area contributed by atoms with Crippen molar-refractivity contribution >= 4 is 11.8 Å². The molecule has 3 N–H and O–H groups in total. The van der Waals surface area contributed by atoms with Gasteiger partial charge in [0.25, 0.3) is 5.91 Å². The van der Waals surface area contributed by atoms with Crippen molar-refractivity contribution < 1.29 is 9.59 Å². The molecule has 1 aromatic carbocycles. The van der Waals surface area contributed by atoms with Crippen LogP contribution in [0.25, 0.3) is 0 Å². The molecule has 0 bridgehead atoms. The van der Waals surface area contributed by atoms with Crippen LogP contribution in [0.15, 0.2) is 30.3 Å². The zero-order chi connectivity index (χ0) is 16.9. The van der Waals surface area contributed by atoms with Crippen molar-refractivity contribution in [3.63, 3.8) is 0 Å². The molecule has 0 radical (unpaired) electrons. The predicted molar refractivity (Wildman–Crippen MR) is 91.0 cm³/mol. The fourth-order valence-corrected chi connectivity index (χ4v) is 2.97. The summed E-state index contributed by atoms with van der Waals surface area (Å²) in [5.41, 5.74) is 5.96. The topological polar surface area (TPSA) is 75.4 Å². The average Bonchev–Trinajstić information content (AvgIpc) is 2.55. The fourth-order valence-electron chi connectivity index (χ4n) is 2.97. The van der Waals surface area contributed by atoms with Crippen LogP contribution in [-0.4, -0.2) is 41.4 Å². The highest BCUT2D eigenvalue weighted by Crippen LogP contribution is 2.16. The van der Waals surface area contributed by atoms with Crippen LogP contribution in [0.5, 0.6) is 0 Å². The van der Waals surface area contributed by atoms with Crippen LogP contribution in [0.1, 0.15) is 49.9 Å². The maximum absolute atomic E-state index is 12.4. The second-order valence-electron chi connectivity index (χ2n) is 6.57. The summed E-state index contributed by atoms with van der Waals surface area (Å²) in [6.45, 7) is 5.12. The largest absolute Gasteiger partial charge is 0.352 e. The summed E-state index contributed by atoms with van der Waals surface area (Å²) in [6.07, 6.45) is 3.09. The maximum atomic E-state index is 12.4. The van der Waals surface area contributed by atoms with E-state index in [0.29, 0.717) is 25.1 Å². The molecule has 0 spiro atoms. The minimum Gasteiger partial charge on any atom is -0.352 e. The lowest BCUT2D eigenvalue weighted by Gasteiger charge is -2.34. The number of amides is 2. The van der Waals surface area contributed by atoms with E-state index in [2.05, 4.69) is 5.32 Å². The summed E-state index contributed by atoms with van der Waals surface area (Å²) in [5, 5.41) is 3.04. The first-order valence-corrected chi connectivity index (χ1v) is 8.38. The molecule has 1 atom stereocenters. The highest BCUT2D eigenvalue weighted by atomic mass is 16.2. The zero-order valence-corrected chi connectivity index (χ0v) is 14.0. The van der Waals surface area contributed by atoms with Gasteiger partial charge < -0.3 is 16.0 Å². The van der Waals surface area contributed by atoms with Gasteiger partial charge in [0.15, 0.2) is 0 Å². The molecule has 1 fully saturated rings. The molecule has 5 nitrogen and oxygen atoms in total. The van der Waals surface area contributed by atoms with E-state index in [4.69, 9.17) is 5.73 Å². The van der Waals surface area contributed by atoms with E-state index in [1.807, 2.05) is 42.2 Å². The normalized spacial score (nSPS) is 18.3. The number of nitrogens with two attached hydrogens (primary N) is 1. The summed E-state index contributed by atoms with van der Waals surface area (Å²) in [7, 11) is 0. The molecule has 0 aromatic heterocycles. The van der Waals surface area contributed by atoms with Gasteiger partial charge in [0.05, 0.1) is 5.54 Å². The van der Waals surface area contributed by atoms with Crippen molar-refractivity contribution in [3.8, 4) is 0 Å². The molecule has 1 saturated heterocycles. The number of carbonyl (C=O) groups excluding carboxylic acids is 2. The number of nitrogens with one attached hydrogen (secondary N) is 1. The lowest BCUT2D eigenvalue weighted by molar-refractivity contribution is -0.127. The van der Waals surface area contributed by atoms with Crippen molar-refractivity contribution in [1.82, 2.24) is 10.2 Å². The van der Waals surface area contributed by atoms with Gasteiger partial charge in [0, 0.05) is 24.7 Å². The van der Waals surface area contributed by atoms with E-state index in [1.165, 1.54) is 0 Å². The maximum Gasteiger partial charge on any atom is 0.253 e. The number of benzene rings is 1. The van der Waals surface area contributed by atoms with Gasteiger partial charge in [-0.2, -0.15) is 0 Å². The summed E-state index contributed by atoms with van der Waals surface area (Å²) in [4.78, 5) is 26.5. The Morgan fingerprint density at radius 2 is 1.87 bits per heavy atom. The average molecular weight is 317 g/mol. The van der Waals surface area contributed by atoms with Crippen LogP contribution >= 0.6 is 0 Å². The number of carbonyl (C=O) groups is 2. The molecule has 1 unspecified atom stereocenters. The Hall–Kier alpha value is -1.88. The first kappa shape index (κ1) is 17.5. The van der Waals surface area contributed by atoms with Gasteiger partial charge in [-0.3, -0.25) is 9.59 Å². The Balaban J connectivity index is 1.84. The van der Waals surface area contributed by atoms with Crippen LogP contribution in [0.4, 0.5) is 0 Å². The van der Waals surface area contributed by atoms with E-state index >= 15 is 0 Å². The Kier molecular flexibility index (Phi) is 5.77. The minimum atomic E-state index is -0.814. The number of nitrogens with zero attached hydrogens (tertiary/aromatic N) is 1. The molecule has 126 valence electrons. The second kappa shape index (κ2) is 7.59. The SMILES string of the molecule is CCCC(C)(N)C(=O)NC1CCN(C(=O)c2ccccc2)CC1. The standard InChI is InChI=1S/C18H27N3O2/c1-3-11-18(2,19)17(23)20-15-9-12-21(13-10-15)16(22)14-7-5-4-6-8-14/h4-8,15H,3,9-13,19H2,1-2H3,(H,20,23). The molecule has 1 aromatic rings. The molecule has 0 aliphatic carbocycles. The number of likely N-dealkylation sites (tertiary alicyclic amines) is 1. The quantitative estimate of drug-likeness (QED) is 0.871. The van der Waals surface area contributed by atoms with Crippen molar-refractivity contribution in [2.75, 3.05) is 13.1 Å². The second-order valence-corrected chi connectivity index (χ2v) is 6.57. The highest BCUT2D eigenvalue weighted by Gasteiger charge is 2.31. The molecule has 5 heteroatoms. The van der Waals surface area contributed by atoms with Crippen LogP contribution in [0.2, 0.25) is 0 Å². The van der Waals surface area contributed by atoms with E-state index < -0.39 is 5.54 Å². The van der Waals surface area contributed by atoms with Crippen LogP contribution in [0, 0.1) is 0 Å². The minimum absolute atomic E-state index is 0.0602. The third kappa shape index (κ3) is 4.55. The molecule has 1 aliphatic rings. The van der Waals surface area contributed by atoms with Crippen LogP contribution < -0.4 is 11.1 Å². The number of hydrogen-bond acceptors (Lipinski definition) is 3. The fraction of sp³-hybridized carbons (Fsp3) is 0.556. The van der Waals surface area contributed by atoms with Gasteiger partial charge in [0.1, 0.15) is 0 Å². The van der Waals surface area contributed by atoms with Gasteiger partial charge >= 0.3 is 0 Å². The number of piperidine rings is 1. The smallest absolute Gasteiger partial charge is 0.253 e. The highest BCUT2D eigenvalue weighted by molar-refractivity contribution is 5.94. The monoisotopic (exact) mass is 317 g/mol. The Morgan fingerprint density at radius 1 is 1.26 bits per heavy atom. The summed E-state index contributed by atoms with van der Waals surface area (Å²) < 4.78 is 0. The van der Waals surface area contributed by atoms with Gasteiger partial charge in [-0.05, 0) is 38.3 Å². The third-order valence-corrected chi connectivity index (χ3v) is 4.43. The van der Waals surface area contributed by atoms with Crippen molar-refractivity contribution in [2.45, 2.75) is 51.1 Å². The lowest BCUT2D eigenvalue weighted by atomic mass is 9.95. The van der Waals surface area contributed by atoms with E-state index in [9.17, 15) is 9.59 Å². The Labute approximate surface area is 138 Å². The summed E-state index contributed by atoms with van der Waals surface area (Å²) >= 11 is 0. The Bertz CT molecular complexity index is 534. The van der Waals surface area contributed by atoms with Gasteiger partial charge in [0.2, 0.25) is 5.91 Å². The molecule has 2 amide bonds. The molecule has 1 heterocycles. The molecule has 1 aliphatic heterocycles. The Morgan fingerprint density at radius 3 is 2.43 bits per heavy atom. The van der Waals surface area contributed by atoms with E-state index in [0.717, 1.165) is 19.3 Å². The molecule has 0 saturated carbocycles. The molecular weight excluding hydrogens is 290 g/mol. The first-order valence-electron chi connectivity index (χ1n) is 8.38. The van der Waals surface area contributed by atoms with Crippen LogP contribution in [-0.2, 0) is 4.79 Å². The van der Waals surface area contributed by atoms with E-state index in [1.54, 1.807) is 6.92 Å². The van der Waals surface area contributed by atoms with Gasteiger partial charge in [-0.15, -0.1) is 0 Å². The first-order chi connectivity index (χ1) is 10.9. The third-order valence-electron chi connectivity index (χ3n) is 4.43. The van der Waals surface area contributed by atoms with E-state index in [-0.39, 0.29) is 17.9 Å². The summed E-state index contributed by atoms with van der Waals surface area (Å²) in [6, 6.07) is 9.41.